The van der Waals surface area contributed by atoms with Crippen LogP contribution in [0.1, 0.15) is 25.3 Å². The zero-order valence-corrected chi connectivity index (χ0v) is 14.5. The second kappa shape index (κ2) is 9.88. The zero-order chi connectivity index (χ0) is 19.9. The van der Waals surface area contributed by atoms with E-state index in [9.17, 15) is 17.6 Å². The van der Waals surface area contributed by atoms with E-state index in [1.807, 2.05) is 13.8 Å². The number of fused-ring (bicyclic) bond motifs is 1. The number of alkyl halides is 4. The highest BCUT2D eigenvalue weighted by Gasteiger charge is 2.18. The fourth-order valence-electron chi connectivity index (χ4n) is 2.52. The van der Waals surface area contributed by atoms with E-state index in [1.54, 1.807) is 18.2 Å². The SMILES string of the molecule is C#CC(c1ccc2cc(OC(F)F)c(OC(F)F)cc2c1)C(C)C.CO. The molecule has 0 saturated carbocycles. The molecule has 0 heterocycles. The van der Waals surface area contributed by atoms with Crippen LogP contribution in [0.3, 0.4) is 0 Å². The van der Waals surface area contributed by atoms with Crippen LogP contribution in [0.2, 0.25) is 0 Å². The number of benzene rings is 2. The summed E-state index contributed by atoms with van der Waals surface area (Å²) in [6.45, 7) is -2.35. The topological polar surface area (TPSA) is 38.7 Å². The average molecular weight is 372 g/mol. The van der Waals surface area contributed by atoms with E-state index in [-0.39, 0.29) is 11.8 Å². The lowest BCUT2D eigenvalue weighted by molar-refractivity contribution is -0.0690. The van der Waals surface area contributed by atoms with Gasteiger partial charge in [0.2, 0.25) is 0 Å². The molecule has 3 nitrogen and oxygen atoms in total. The lowest BCUT2D eigenvalue weighted by atomic mass is 9.88. The highest BCUT2D eigenvalue weighted by molar-refractivity contribution is 5.87. The molecule has 1 unspecified atom stereocenters. The van der Waals surface area contributed by atoms with Crippen molar-refractivity contribution in [3.05, 3.63) is 35.9 Å². The first-order chi connectivity index (χ1) is 12.3. The largest absolute Gasteiger partial charge is 0.431 e. The molecule has 0 fully saturated rings. The van der Waals surface area contributed by atoms with E-state index >= 15 is 0 Å². The third-order valence-electron chi connectivity index (χ3n) is 3.56. The quantitative estimate of drug-likeness (QED) is 0.571. The van der Waals surface area contributed by atoms with Crippen molar-refractivity contribution in [3.8, 4) is 23.8 Å². The van der Waals surface area contributed by atoms with E-state index in [2.05, 4.69) is 15.4 Å². The molecule has 26 heavy (non-hydrogen) atoms. The Hall–Kier alpha value is -2.46. The fraction of sp³-hybridized carbons (Fsp3) is 0.368. The smallest absolute Gasteiger partial charge is 0.387 e. The maximum absolute atomic E-state index is 12.5. The summed E-state index contributed by atoms with van der Waals surface area (Å²) in [4.78, 5) is 0. The van der Waals surface area contributed by atoms with Gasteiger partial charge in [0, 0.05) is 13.0 Å². The lowest BCUT2D eigenvalue weighted by Crippen LogP contribution is -2.08. The van der Waals surface area contributed by atoms with Gasteiger partial charge in [0.1, 0.15) is 0 Å². The molecule has 0 aliphatic rings. The molecule has 2 aromatic rings. The molecule has 0 aliphatic carbocycles. The van der Waals surface area contributed by atoms with Gasteiger partial charge in [0.15, 0.2) is 11.5 Å². The summed E-state index contributed by atoms with van der Waals surface area (Å²) in [5, 5.41) is 8.10. The van der Waals surface area contributed by atoms with Gasteiger partial charge < -0.3 is 14.6 Å². The highest BCUT2D eigenvalue weighted by Crippen LogP contribution is 2.36. The standard InChI is InChI=1S/C18H16F4O2.CH4O/c1-4-14(10(2)3)12-6-5-11-8-15(23-17(19)20)16(24-18(21)22)9-13(11)7-12;1-2/h1,5-10,14,17-18H,2-3H3;2H,1H3. The summed E-state index contributed by atoms with van der Waals surface area (Å²) < 4.78 is 58.5. The fourth-order valence-corrected chi connectivity index (χ4v) is 2.52. The summed E-state index contributed by atoms with van der Waals surface area (Å²) >= 11 is 0. The Balaban J connectivity index is 0.00000163. The van der Waals surface area contributed by atoms with Crippen LogP contribution in [0.25, 0.3) is 10.8 Å². The van der Waals surface area contributed by atoms with Crippen LogP contribution < -0.4 is 9.47 Å². The molecule has 1 N–H and O–H groups in total. The van der Waals surface area contributed by atoms with E-state index in [0.29, 0.717) is 10.8 Å². The Kier molecular flexibility index (Phi) is 8.20. The van der Waals surface area contributed by atoms with Crippen molar-refractivity contribution in [2.24, 2.45) is 5.92 Å². The maximum Gasteiger partial charge on any atom is 0.387 e. The van der Waals surface area contributed by atoms with Gasteiger partial charge in [-0.05, 0) is 40.5 Å². The van der Waals surface area contributed by atoms with Crippen LogP contribution >= 0.6 is 0 Å². The molecule has 0 aromatic heterocycles. The Bertz CT molecular complexity index is 754. The average Bonchev–Trinajstić information content (AvgIpc) is 2.56. The molecular formula is C19H20F4O3. The van der Waals surface area contributed by atoms with E-state index in [0.717, 1.165) is 12.7 Å². The monoisotopic (exact) mass is 372 g/mol. The van der Waals surface area contributed by atoms with Gasteiger partial charge >= 0.3 is 13.2 Å². The molecule has 142 valence electrons. The number of terminal acetylenes is 1. The molecule has 1 atom stereocenters. The molecular weight excluding hydrogens is 352 g/mol. The molecule has 0 saturated heterocycles. The van der Waals surface area contributed by atoms with Gasteiger partial charge in [-0.2, -0.15) is 17.6 Å². The molecule has 2 rings (SSSR count). The third-order valence-corrected chi connectivity index (χ3v) is 3.56. The first-order valence-corrected chi connectivity index (χ1v) is 7.70. The third kappa shape index (κ3) is 5.53. The van der Waals surface area contributed by atoms with Crippen molar-refractivity contribution in [3.63, 3.8) is 0 Å². The summed E-state index contributed by atoms with van der Waals surface area (Å²) in [5.74, 6) is 1.84. The van der Waals surface area contributed by atoms with Crippen molar-refractivity contribution < 1.29 is 32.1 Å². The van der Waals surface area contributed by atoms with E-state index in [1.165, 1.54) is 12.1 Å². The number of aliphatic hydroxyl groups is 1. The lowest BCUT2D eigenvalue weighted by Gasteiger charge is -2.17. The van der Waals surface area contributed by atoms with Crippen LogP contribution in [-0.2, 0) is 0 Å². The van der Waals surface area contributed by atoms with Crippen molar-refractivity contribution >= 4 is 10.8 Å². The second-order valence-corrected chi connectivity index (χ2v) is 5.55. The van der Waals surface area contributed by atoms with Crippen LogP contribution in [-0.4, -0.2) is 25.4 Å². The maximum atomic E-state index is 12.5. The number of ether oxygens (including phenoxy) is 2. The molecule has 0 bridgehead atoms. The van der Waals surface area contributed by atoms with Gasteiger partial charge in [-0.15, -0.1) is 6.42 Å². The van der Waals surface area contributed by atoms with Crippen molar-refractivity contribution in [1.29, 1.82) is 0 Å². The molecule has 0 spiro atoms. The molecule has 0 aliphatic heterocycles. The minimum absolute atomic E-state index is 0.147. The van der Waals surface area contributed by atoms with Crippen LogP contribution in [0, 0.1) is 18.3 Å². The van der Waals surface area contributed by atoms with Crippen molar-refractivity contribution in [1.82, 2.24) is 0 Å². The number of rotatable bonds is 6. The predicted molar refractivity (Wildman–Crippen MR) is 91.8 cm³/mol. The van der Waals surface area contributed by atoms with Gasteiger partial charge in [-0.3, -0.25) is 0 Å². The van der Waals surface area contributed by atoms with Crippen LogP contribution in [0.5, 0.6) is 11.5 Å². The predicted octanol–water partition coefficient (Wildman–Crippen LogP) is 5.02. The minimum Gasteiger partial charge on any atom is -0.431 e. The Morgan fingerprint density at radius 3 is 1.81 bits per heavy atom. The Labute approximate surface area is 149 Å². The van der Waals surface area contributed by atoms with Crippen molar-refractivity contribution in [2.75, 3.05) is 7.11 Å². The van der Waals surface area contributed by atoms with Gasteiger partial charge in [0.05, 0.1) is 0 Å². The first kappa shape index (κ1) is 21.6. The van der Waals surface area contributed by atoms with E-state index in [4.69, 9.17) is 11.5 Å². The summed E-state index contributed by atoms with van der Waals surface area (Å²) in [5.41, 5.74) is 0.838. The first-order valence-electron chi connectivity index (χ1n) is 7.70. The van der Waals surface area contributed by atoms with Crippen molar-refractivity contribution in [2.45, 2.75) is 33.0 Å². The summed E-state index contributed by atoms with van der Waals surface area (Å²) in [7, 11) is 1.00. The Morgan fingerprint density at radius 2 is 1.38 bits per heavy atom. The van der Waals surface area contributed by atoms with Gasteiger partial charge in [-0.1, -0.05) is 31.9 Å². The van der Waals surface area contributed by atoms with E-state index < -0.39 is 24.7 Å². The molecule has 0 amide bonds. The second-order valence-electron chi connectivity index (χ2n) is 5.55. The minimum atomic E-state index is -3.15. The summed E-state index contributed by atoms with van der Waals surface area (Å²) in [6.07, 6.45) is 5.55. The summed E-state index contributed by atoms with van der Waals surface area (Å²) in [6, 6.07) is 7.69. The highest BCUT2D eigenvalue weighted by atomic mass is 19.3. The zero-order valence-electron chi connectivity index (χ0n) is 14.5. The van der Waals surface area contributed by atoms with Gasteiger partial charge in [0.25, 0.3) is 0 Å². The number of aliphatic hydroxyl groups excluding tert-OH is 1. The van der Waals surface area contributed by atoms with Gasteiger partial charge in [-0.25, -0.2) is 0 Å². The number of hydrogen-bond acceptors (Lipinski definition) is 3. The van der Waals surface area contributed by atoms with Crippen LogP contribution in [0.15, 0.2) is 30.3 Å². The molecule has 7 heteroatoms. The molecule has 0 radical (unpaired) electrons. The van der Waals surface area contributed by atoms with Crippen LogP contribution in [0.4, 0.5) is 17.6 Å². The number of halogens is 4. The Morgan fingerprint density at radius 1 is 0.885 bits per heavy atom. The normalized spacial score (nSPS) is 11.9. The molecule has 2 aromatic carbocycles. The number of hydrogen-bond donors (Lipinski definition) is 1.